The maximum atomic E-state index is 13.2. The Bertz CT molecular complexity index is 644. The van der Waals surface area contributed by atoms with E-state index in [9.17, 15) is 9.18 Å². The molecule has 0 unspecified atom stereocenters. The quantitative estimate of drug-likeness (QED) is 0.831. The van der Waals surface area contributed by atoms with Crippen LogP contribution < -0.4 is 11.1 Å². The van der Waals surface area contributed by atoms with E-state index >= 15 is 0 Å². The van der Waals surface area contributed by atoms with Crippen molar-refractivity contribution in [2.75, 3.05) is 12.8 Å². The zero-order chi connectivity index (χ0) is 15.2. The topological polar surface area (TPSA) is 64.3 Å². The van der Waals surface area contributed by atoms with Crippen molar-refractivity contribution in [3.8, 4) is 0 Å². The number of nitrogens with two attached hydrogens (primary N) is 1. The number of carbonyl (C=O) groups excluding carboxylic acids is 1. The van der Waals surface area contributed by atoms with E-state index < -0.39 is 11.7 Å². The number of hydrogen-bond acceptors (Lipinski definition) is 3. The van der Waals surface area contributed by atoms with Gasteiger partial charge in [0.05, 0.1) is 12.2 Å². The van der Waals surface area contributed by atoms with Crippen LogP contribution in [-0.2, 0) is 17.9 Å². The van der Waals surface area contributed by atoms with E-state index in [1.807, 2.05) is 24.3 Å². The molecule has 2 aromatic rings. The molecule has 0 aliphatic heterocycles. The Balaban J connectivity index is 2.04. The van der Waals surface area contributed by atoms with Gasteiger partial charge in [-0.15, -0.1) is 0 Å². The predicted molar refractivity (Wildman–Crippen MR) is 79.1 cm³/mol. The molecule has 0 fully saturated rings. The van der Waals surface area contributed by atoms with Gasteiger partial charge >= 0.3 is 0 Å². The average Bonchev–Trinajstić information content (AvgIpc) is 2.48. The Morgan fingerprint density at radius 1 is 1.24 bits per heavy atom. The number of halogens is 1. The highest BCUT2D eigenvalue weighted by atomic mass is 19.1. The van der Waals surface area contributed by atoms with Crippen molar-refractivity contribution in [3.05, 3.63) is 65.0 Å². The summed E-state index contributed by atoms with van der Waals surface area (Å²) >= 11 is 0. The van der Waals surface area contributed by atoms with Crippen molar-refractivity contribution in [3.63, 3.8) is 0 Å². The molecule has 21 heavy (non-hydrogen) atoms. The first-order valence-corrected chi connectivity index (χ1v) is 6.50. The Labute approximate surface area is 122 Å². The Hall–Kier alpha value is -2.40. The summed E-state index contributed by atoms with van der Waals surface area (Å²) in [5.41, 5.74) is 8.03. The van der Waals surface area contributed by atoms with Gasteiger partial charge in [-0.25, -0.2) is 4.39 Å². The van der Waals surface area contributed by atoms with Gasteiger partial charge in [0.1, 0.15) is 5.82 Å². The smallest absolute Gasteiger partial charge is 0.253 e. The maximum absolute atomic E-state index is 13.2. The van der Waals surface area contributed by atoms with E-state index in [-0.39, 0.29) is 11.3 Å². The maximum Gasteiger partial charge on any atom is 0.253 e. The lowest BCUT2D eigenvalue weighted by Gasteiger charge is -2.09. The van der Waals surface area contributed by atoms with Gasteiger partial charge in [-0.2, -0.15) is 0 Å². The molecule has 0 saturated heterocycles. The van der Waals surface area contributed by atoms with Crippen LogP contribution in [0.1, 0.15) is 21.5 Å². The van der Waals surface area contributed by atoms with Crippen molar-refractivity contribution in [2.24, 2.45) is 0 Å². The minimum Gasteiger partial charge on any atom is -0.398 e. The fourth-order valence-electron chi connectivity index (χ4n) is 2.00. The first-order valence-electron chi connectivity index (χ1n) is 6.50. The van der Waals surface area contributed by atoms with E-state index in [1.165, 1.54) is 12.1 Å². The molecule has 0 bridgehead atoms. The first-order chi connectivity index (χ1) is 10.1. The molecule has 1 amide bonds. The number of methoxy groups -OCH3 is 1. The SMILES string of the molecule is COCc1cccc(CNC(=O)c2cc(F)ccc2N)c1. The minimum atomic E-state index is -0.489. The monoisotopic (exact) mass is 288 g/mol. The van der Waals surface area contributed by atoms with Crippen molar-refractivity contribution in [1.29, 1.82) is 0 Å². The Morgan fingerprint density at radius 3 is 2.76 bits per heavy atom. The highest BCUT2D eigenvalue weighted by molar-refractivity contribution is 5.99. The minimum absolute atomic E-state index is 0.142. The largest absolute Gasteiger partial charge is 0.398 e. The second-order valence-electron chi connectivity index (χ2n) is 4.67. The number of nitrogens with one attached hydrogen (secondary N) is 1. The molecule has 3 N–H and O–H groups in total. The van der Waals surface area contributed by atoms with Gasteiger partial charge in [0, 0.05) is 19.3 Å². The third kappa shape index (κ3) is 4.03. The van der Waals surface area contributed by atoms with Gasteiger partial charge in [-0.1, -0.05) is 24.3 Å². The fraction of sp³-hybridized carbons (Fsp3) is 0.188. The number of amides is 1. The van der Waals surface area contributed by atoms with E-state index in [0.717, 1.165) is 17.2 Å². The van der Waals surface area contributed by atoms with Crippen LogP contribution in [0.15, 0.2) is 42.5 Å². The molecule has 2 rings (SSSR count). The van der Waals surface area contributed by atoms with Gasteiger partial charge in [0.15, 0.2) is 0 Å². The van der Waals surface area contributed by atoms with Crippen LogP contribution in [0, 0.1) is 5.82 Å². The lowest BCUT2D eigenvalue weighted by atomic mass is 10.1. The molecule has 110 valence electrons. The van der Waals surface area contributed by atoms with E-state index in [0.29, 0.717) is 13.2 Å². The van der Waals surface area contributed by atoms with Crippen molar-refractivity contribution in [1.82, 2.24) is 5.32 Å². The third-order valence-electron chi connectivity index (χ3n) is 3.02. The van der Waals surface area contributed by atoms with Gasteiger partial charge < -0.3 is 15.8 Å². The van der Waals surface area contributed by atoms with Gasteiger partial charge in [0.2, 0.25) is 0 Å². The molecule has 0 saturated carbocycles. The number of benzene rings is 2. The molecule has 4 nitrogen and oxygen atoms in total. The highest BCUT2D eigenvalue weighted by Crippen LogP contribution is 2.13. The molecular formula is C16H17FN2O2. The molecule has 0 radical (unpaired) electrons. The second-order valence-corrected chi connectivity index (χ2v) is 4.67. The van der Waals surface area contributed by atoms with Crippen molar-refractivity contribution < 1.29 is 13.9 Å². The molecule has 0 atom stereocenters. The summed E-state index contributed by atoms with van der Waals surface area (Å²) in [6.07, 6.45) is 0. The van der Waals surface area contributed by atoms with Gasteiger partial charge in [-0.3, -0.25) is 4.79 Å². The van der Waals surface area contributed by atoms with Crippen molar-refractivity contribution in [2.45, 2.75) is 13.2 Å². The zero-order valence-electron chi connectivity index (χ0n) is 11.7. The van der Waals surface area contributed by atoms with Crippen LogP contribution in [-0.4, -0.2) is 13.0 Å². The van der Waals surface area contributed by atoms with Crippen LogP contribution >= 0.6 is 0 Å². The van der Waals surface area contributed by atoms with Crippen LogP contribution in [0.4, 0.5) is 10.1 Å². The van der Waals surface area contributed by atoms with Crippen LogP contribution in [0.2, 0.25) is 0 Å². The van der Waals surface area contributed by atoms with Crippen molar-refractivity contribution >= 4 is 11.6 Å². The molecular weight excluding hydrogens is 271 g/mol. The summed E-state index contributed by atoms with van der Waals surface area (Å²) in [5, 5.41) is 2.73. The van der Waals surface area contributed by atoms with E-state index in [1.54, 1.807) is 7.11 Å². The van der Waals surface area contributed by atoms with Gasteiger partial charge in [-0.05, 0) is 29.3 Å². The van der Waals surface area contributed by atoms with Gasteiger partial charge in [0.25, 0.3) is 5.91 Å². The summed E-state index contributed by atoms with van der Waals surface area (Å²) in [4.78, 5) is 12.0. The fourth-order valence-corrected chi connectivity index (χ4v) is 2.00. The number of rotatable bonds is 5. The summed E-state index contributed by atoms with van der Waals surface area (Å²) in [6, 6.07) is 11.4. The second kappa shape index (κ2) is 6.85. The molecule has 0 aliphatic rings. The molecule has 0 spiro atoms. The molecule has 0 heterocycles. The Morgan fingerprint density at radius 2 is 2.00 bits per heavy atom. The first kappa shape index (κ1) is 15.0. The number of ether oxygens (including phenoxy) is 1. The molecule has 2 aromatic carbocycles. The van der Waals surface area contributed by atoms with E-state index in [4.69, 9.17) is 10.5 Å². The lowest BCUT2D eigenvalue weighted by Crippen LogP contribution is -2.24. The lowest BCUT2D eigenvalue weighted by molar-refractivity contribution is 0.0951. The summed E-state index contributed by atoms with van der Waals surface area (Å²) in [6.45, 7) is 0.852. The predicted octanol–water partition coefficient (Wildman–Crippen LogP) is 2.48. The average molecular weight is 288 g/mol. The normalized spacial score (nSPS) is 10.4. The molecule has 0 aromatic heterocycles. The summed E-state index contributed by atoms with van der Waals surface area (Å²) in [7, 11) is 1.63. The number of hydrogen-bond donors (Lipinski definition) is 2. The third-order valence-corrected chi connectivity index (χ3v) is 3.02. The number of carbonyl (C=O) groups is 1. The van der Waals surface area contributed by atoms with Crippen LogP contribution in [0.25, 0.3) is 0 Å². The molecule has 0 aliphatic carbocycles. The number of nitrogen functional groups attached to an aromatic ring is 1. The van der Waals surface area contributed by atoms with Crippen LogP contribution in [0.3, 0.4) is 0 Å². The van der Waals surface area contributed by atoms with Crippen LogP contribution in [0.5, 0.6) is 0 Å². The summed E-state index contributed by atoms with van der Waals surface area (Å²) in [5.74, 6) is -0.888. The number of anilines is 1. The van der Waals surface area contributed by atoms with E-state index in [2.05, 4.69) is 5.32 Å². The zero-order valence-corrected chi connectivity index (χ0v) is 11.7. The highest BCUT2D eigenvalue weighted by Gasteiger charge is 2.10. The Kier molecular flexibility index (Phi) is 4.90. The summed E-state index contributed by atoms with van der Waals surface area (Å²) < 4.78 is 18.2. The molecule has 5 heteroatoms. The standard InChI is InChI=1S/C16H17FN2O2/c1-21-10-12-4-2-3-11(7-12)9-19-16(20)14-8-13(17)5-6-15(14)18/h2-8H,9-10,18H2,1H3,(H,19,20).